The van der Waals surface area contributed by atoms with Crippen molar-refractivity contribution in [1.29, 1.82) is 0 Å². The van der Waals surface area contributed by atoms with Gasteiger partial charge in [0.2, 0.25) is 11.7 Å². The topological polar surface area (TPSA) is 60.0 Å². The van der Waals surface area contributed by atoms with E-state index >= 15 is 0 Å². The predicted octanol–water partition coefficient (Wildman–Crippen LogP) is 2.52. The summed E-state index contributed by atoms with van der Waals surface area (Å²) in [5.41, 5.74) is 0.967. The Morgan fingerprint density at radius 2 is 1.67 bits per heavy atom. The number of carbonyl (C=O) groups is 1. The normalized spacial score (nSPS) is 21.7. The summed E-state index contributed by atoms with van der Waals surface area (Å²) in [6, 6.07) is 3.81. The molecule has 6 nitrogen and oxygen atoms in total. The van der Waals surface area contributed by atoms with Gasteiger partial charge in [0.15, 0.2) is 11.5 Å². The summed E-state index contributed by atoms with van der Waals surface area (Å²) in [7, 11) is 4.81. The zero-order valence-electron chi connectivity index (χ0n) is 16.5. The van der Waals surface area contributed by atoms with Gasteiger partial charge >= 0.3 is 0 Å². The van der Waals surface area contributed by atoms with E-state index in [9.17, 15) is 4.79 Å². The third kappa shape index (κ3) is 4.79. The third-order valence-corrected chi connectivity index (χ3v) is 5.77. The maximum Gasteiger partial charge on any atom is 0.222 e. The minimum absolute atomic E-state index is 0. The van der Waals surface area contributed by atoms with Crippen LogP contribution in [-0.2, 0) is 11.2 Å². The molecule has 0 saturated carbocycles. The number of amides is 1. The van der Waals surface area contributed by atoms with Crippen molar-refractivity contribution in [3.8, 4) is 17.2 Å². The van der Waals surface area contributed by atoms with Crippen molar-refractivity contribution in [2.75, 3.05) is 47.5 Å². The number of halogens is 1. The number of methoxy groups -OCH3 is 3. The summed E-state index contributed by atoms with van der Waals surface area (Å²) in [5.74, 6) is 3.56. The van der Waals surface area contributed by atoms with Crippen LogP contribution < -0.4 is 19.5 Å². The van der Waals surface area contributed by atoms with Crippen molar-refractivity contribution in [3.05, 3.63) is 17.7 Å². The monoisotopic (exact) mass is 398 g/mol. The van der Waals surface area contributed by atoms with Gasteiger partial charge in [-0.3, -0.25) is 4.79 Å². The molecule has 0 radical (unpaired) electrons. The largest absolute Gasteiger partial charge is 0.493 e. The highest BCUT2D eigenvalue weighted by Crippen LogP contribution is 2.40. The second-order valence-corrected chi connectivity index (χ2v) is 7.13. The molecule has 0 aromatic heterocycles. The fourth-order valence-corrected chi connectivity index (χ4v) is 4.23. The lowest BCUT2D eigenvalue weighted by molar-refractivity contribution is -0.131. The standard InChI is InChI=1S/C20H30N2O4.ClH/c1-24-17-6-4-14(19(25-2)20(17)26-3)5-7-18(23)22-10-8-15-12-21-13-16(15)9-11-22;/h4,6,15-16,21H,5,7-13H2,1-3H3;1H/t15-,16+;. The van der Waals surface area contributed by atoms with Gasteiger partial charge in [-0.15, -0.1) is 12.4 Å². The van der Waals surface area contributed by atoms with Gasteiger partial charge in [0.05, 0.1) is 21.3 Å². The molecule has 1 aromatic rings. The molecule has 0 aliphatic carbocycles. The summed E-state index contributed by atoms with van der Waals surface area (Å²) >= 11 is 0. The zero-order chi connectivity index (χ0) is 18.5. The summed E-state index contributed by atoms with van der Waals surface area (Å²) < 4.78 is 16.3. The number of fused-ring (bicyclic) bond motifs is 1. The van der Waals surface area contributed by atoms with Crippen LogP contribution in [0.3, 0.4) is 0 Å². The van der Waals surface area contributed by atoms with Crippen LogP contribution in [-0.4, -0.2) is 58.3 Å². The molecule has 1 aromatic carbocycles. The Morgan fingerprint density at radius 3 is 2.22 bits per heavy atom. The van der Waals surface area contributed by atoms with E-state index in [1.165, 1.54) is 0 Å². The van der Waals surface area contributed by atoms with Gasteiger partial charge in [0.25, 0.3) is 0 Å². The van der Waals surface area contributed by atoms with Crippen molar-refractivity contribution in [2.45, 2.75) is 25.7 Å². The molecule has 2 aliphatic rings. The van der Waals surface area contributed by atoms with Crippen LogP contribution in [0.15, 0.2) is 12.1 Å². The molecule has 152 valence electrons. The second-order valence-electron chi connectivity index (χ2n) is 7.13. The number of nitrogens with one attached hydrogen (secondary N) is 1. The highest BCUT2D eigenvalue weighted by atomic mass is 35.5. The summed E-state index contributed by atoms with van der Waals surface area (Å²) in [5, 5.41) is 3.48. The van der Waals surface area contributed by atoms with Crippen molar-refractivity contribution in [3.63, 3.8) is 0 Å². The van der Waals surface area contributed by atoms with Crippen LogP contribution in [0.25, 0.3) is 0 Å². The van der Waals surface area contributed by atoms with Crippen LogP contribution in [0, 0.1) is 11.8 Å². The minimum Gasteiger partial charge on any atom is -0.493 e. The lowest BCUT2D eigenvalue weighted by atomic mass is 9.92. The molecule has 2 atom stereocenters. The first-order valence-electron chi connectivity index (χ1n) is 9.44. The van der Waals surface area contributed by atoms with E-state index in [0.717, 1.165) is 56.4 Å². The number of hydrogen-bond acceptors (Lipinski definition) is 5. The van der Waals surface area contributed by atoms with Crippen molar-refractivity contribution >= 4 is 18.3 Å². The SMILES string of the molecule is COc1ccc(CCC(=O)N2CC[C@@H]3CNC[C@@H]3CC2)c(OC)c1OC.Cl. The molecule has 3 rings (SSSR count). The van der Waals surface area contributed by atoms with Gasteiger partial charge in [0, 0.05) is 19.5 Å². The molecule has 2 fully saturated rings. The van der Waals surface area contributed by atoms with E-state index in [0.29, 0.717) is 30.1 Å². The highest BCUT2D eigenvalue weighted by molar-refractivity contribution is 5.85. The molecule has 2 aliphatic heterocycles. The number of nitrogens with zero attached hydrogens (tertiary/aromatic N) is 1. The summed E-state index contributed by atoms with van der Waals surface area (Å²) in [6.07, 6.45) is 3.35. The van der Waals surface area contributed by atoms with Gasteiger partial charge in [-0.25, -0.2) is 0 Å². The van der Waals surface area contributed by atoms with Gasteiger partial charge in [-0.05, 0) is 55.8 Å². The fraction of sp³-hybridized carbons (Fsp3) is 0.650. The van der Waals surface area contributed by atoms with E-state index < -0.39 is 0 Å². The Kier molecular flexibility index (Phi) is 8.05. The maximum atomic E-state index is 12.7. The average Bonchev–Trinajstić information content (AvgIpc) is 3.03. The Labute approximate surface area is 167 Å². The average molecular weight is 399 g/mol. The van der Waals surface area contributed by atoms with Crippen LogP contribution >= 0.6 is 12.4 Å². The number of hydrogen-bond donors (Lipinski definition) is 1. The Hall–Kier alpha value is -1.66. The Bertz CT molecular complexity index is 627. The first-order valence-corrected chi connectivity index (χ1v) is 9.44. The molecule has 1 amide bonds. The van der Waals surface area contributed by atoms with Crippen LogP contribution in [0.5, 0.6) is 17.2 Å². The number of ether oxygens (including phenoxy) is 3. The molecule has 2 heterocycles. The molecular weight excluding hydrogens is 368 g/mol. The summed E-state index contributed by atoms with van der Waals surface area (Å²) in [4.78, 5) is 14.8. The van der Waals surface area contributed by atoms with Crippen molar-refractivity contribution in [2.24, 2.45) is 11.8 Å². The minimum atomic E-state index is 0. The van der Waals surface area contributed by atoms with E-state index in [-0.39, 0.29) is 18.3 Å². The number of likely N-dealkylation sites (tertiary alicyclic amines) is 1. The molecular formula is C20H31ClN2O4. The zero-order valence-corrected chi connectivity index (χ0v) is 17.3. The van der Waals surface area contributed by atoms with E-state index in [4.69, 9.17) is 14.2 Å². The molecule has 7 heteroatoms. The van der Waals surface area contributed by atoms with Gasteiger partial charge in [-0.1, -0.05) is 6.07 Å². The highest BCUT2D eigenvalue weighted by Gasteiger charge is 2.31. The van der Waals surface area contributed by atoms with Crippen molar-refractivity contribution < 1.29 is 19.0 Å². The van der Waals surface area contributed by atoms with Crippen molar-refractivity contribution in [1.82, 2.24) is 10.2 Å². The fourth-order valence-electron chi connectivity index (χ4n) is 4.23. The molecule has 0 bridgehead atoms. The van der Waals surface area contributed by atoms with E-state index in [2.05, 4.69) is 5.32 Å². The van der Waals surface area contributed by atoms with Crippen LogP contribution in [0.4, 0.5) is 0 Å². The van der Waals surface area contributed by atoms with Gasteiger partial charge in [0.1, 0.15) is 0 Å². The number of carbonyl (C=O) groups excluding carboxylic acids is 1. The Balaban J connectivity index is 0.00000261. The third-order valence-electron chi connectivity index (χ3n) is 5.77. The quantitative estimate of drug-likeness (QED) is 0.797. The smallest absolute Gasteiger partial charge is 0.222 e. The van der Waals surface area contributed by atoms with Crippen LogP contribution in [0.1, 0.15) is 24.8 Å². The molecule has 0 spiro atoms. The lowest BCUT2D eigenvalue weighted by Crippen LogP contribution is -2.32. The van der Waals surface area contributed by atoms with Crippen LogP contribution in [0.2, 0.25) is 0 Å². The van der Waals surface area contributed by atoms with E-state index in [1.807, 2.05) is 17.0 Å². The second kappa shape index (κ2) is 10.0. The lowest BCUT2D eigenvalue weighted by Gasteiger charge is -2.21. The molecule has 27 heavy (non-hydrogen) atoms. The molecule has 2 saturated heterocycles. The predicted molar refractivity (Wildman–Crippen MR) is 107 cm³/mol. The Morgan fingerprint density at radius 1 is 1.04 bits per heavy atom. The maximum absolute atomic E-state index is 12.7. The number of rotatable bonds is 6. The van der Waals surface area contributed by atoms with E-state index in [1.54, 1.807) is 21.3 Å². The first kappa shape index (κ1) is 21.6. The van der Waals surface area contributed by atoms with Gasteiger partial charge in [-0.2, -0.15) is 0 Å². The summed E-state index contributed by atoms with van der Waals surface area (Å²) in [6.45, 7) is 3.97. The van der Waals surface area contributed by atoms with Gasteiger partial charge < -0.3 is 24.4 Å². The molecule has 1 N–H and O–H groups in total. The first-order chi connectivity index (χ1) is 12.7. The molecule has 0 unspecified atom stereocenters. The number of benzene rings is 1. The number of aryl methyl sites for hydroxylation is 1.